The van der Waals surface area contributed by atoms with E-state index < -0.39 is 5.83 Å². The maximum Gasteiger partial charge on any atom is 0.116 e. The van der Waals surface area contributed by atoms with Gasteiger partial charge in [-0.05, 0) is 31.4 Å². The van der Waals surface area contributed by atoms with Gasteiger partial charge >= 0.3 is 0 Å². The van der Waals surface area contributed by atoms with Gasteiger partial charge in [0.25, 0.3) is 0 Å². The molecular formula is C16H28FN3. The second-order valence-corrected chi connectivity index (χ2v) is 5.57. The Balaban J connectivity index is 2.44. The molecule has 0 N–H and O–H groups in total. The summed E-state index contributed by atoms with van der Waals surface area (Å²) in [6.07, 6.45) is 7.64. The molecule has 0 amide bonds. The van der Waals surface area contributed by atoms with E-state index in [0.29, 0.717) is 6.04 Å². The molecule has 0 spiro atoms. The monoisotopic (exact) mass is 281 g/mol. The Labute approximate surface area is 123 Å². The van der Waals surface area contributed by atoms with Crippen LogP contribution >= 0.6 is 0 Å². The van der Waals surface area contributed by atoms with Crippen LogP contribution in [0.4, 0.5) is 4.39 Å². The van der Waals surface area contributed by atoms with Gasteiger partial charge in [-0.25, -0.2) is 14.4 Å². The number of nitrogens with zero attached hydrogens (tertiary/aromatic N) is 3. The zero-order valence-corrected chi connectivity index (χ0v) is 13.3. The second kappa shape index (κ2) is 8.35. The fourth-order valence-electron chi connectivity index (χ4n) is 2.47. The van der Waals surface area contributed by atoms with Crippen LogP contribution in [0.1, 0.15) is 19.8 Å². The van der Waals surface area contributed by atoms with Gasteiger partial charge in [0.05, 0.1) is 0 Å². The van der Waals surface area contributed by atoms with Gasteiger partial charge in [0.1, 0.15) is 5.83 Å². The maximum absolute atomic E-state index is 12.7. The number of hydrazine groups is 1. The molecule has 4 heteroatoms. The summed E-state index contributed by atoms with van der Waals surface area (Å²) in [4.78, 5) is 2.43. The van der Waals surface area contributed by atoms with Crippen molar-refractivity contribution in [1.29, 1.82) is 0 Å². The van der Waals surface area contributed by atoms with Crippen molar-refractivity contribution in [2.24, 2.45) is 0 Å². The first-order chi connectivity index (χ1) is 9.43. The highest BCUT2D eigenvalue weighted by atomic mass is 19.1. The molecule has 1 aliphatic rings. The third-order valence-electron chi connectivity index (χ3n) is 3.97. The highest BCUT2D eigenvalue weighted by Gasteiger charge is 2.23. The van der Waals surface area contributed by atoms with Crippen molar-refractivity contribution in [2.75, 3.05) is 40.8 Å². The molecule has 0 aliphatic carbocycles. The summed E-state index contributed by atoms with van der Waals surface area (Å²) in [5.41, 5.74) is 1.14. The van der Waals surface area contributed by atoms with Crippen LogP contribution in [0.5, 0.6) is 0 Å². The van der Waals surface area contributed by atoms with Crippen molar-refractivity contribution in [3.63, 3.8) is 0 Å². The molecule has 114 valence electrons. The Kier molecular flexibility index (Phi) is 7.13. The Morgan fingerprint density at radius 2 is 1.85 bits per heavy atom. The number of halogens is 1. The molecular weight excluding hydrogens is 253 g/mol. The number of likely N-dealkylation sites (tertiary alicyclic amines) is 1. The summed E-state index contributed by atoms with van der Waals surface area (Å²) in [5.74, 6) is -0.393. The topological polar surface area (TPSA) is 9.72 Å². The Bertz CT molecular complexity index is 366. The summed E-state index contributed by atoms with van der Waals surface area (Å²) in [7, 11) is 6.31. The lowest BCUT2D eigenvalue weighted by molar-refractivity contribution is -0.0151. The molecule has 3 nitrogen and oxygen atoms in total. The lowest BCUT2D eigenvalue weighted by Crippen LogP contribution is -2.48. The van der Waals surface area contributed by atoms with Crippen molar-refractivity contribution in [3.8, 4) is 0 Å². The average molecular weight is 281 g/mol. The smallest absolute Gasteiger partial charge is 0.116 e. The van der Waals surface area contributed by atoms with E-state index in [4.69, 9.17) is 0 Å². The second-order valence-electron chi connectivity index (χ2n) is 5.57. The molecule has 0 radical (unpaired) electrons. The van der Waals surface area contributed by atoms with Gasteiger partial charge in [0.15, 0.2) is 0 Å². The van der Waals surface area contributed by atoms with E-state index in [1.807, 2.05) is 19.1 Å². The van der Waals surface area contributed by atoms with E-state index in [1.54, 1.807) is 0 Å². The number of hydrogen-bond acceptors (Lipinski definition) is 3. The van der Waals surface area contributed by atoms with Gasteiger partial charge in [0.2, 0.25) is 0 Å². The summed E-state index contributed by atoms with van der Waals surface area (Å²) in [6, 6.07) is 0.622. The van der Waals surface area contributed by atoms with Crippen LogP contribution in [0.2, 0.25) is 0 Å². The lowest BCUT2D eigenvalue weighted by Gasteiger charge is -2.39. The molecule has 0 saturated carbocycles. The maximum atomic E-state index is 12.7. The fraction of sp³-hybridized carbons (Fsp3) is 0.625. The number of piperidine rings is 1. The fourth-order valence-corrected chi connectivity index (χ4v) is 2.47. The van der Waals surface area contributed by atoms with E-state index in [-0.39, 0.29) is 0 Å². The minimum absolute atomic E-state index is 0.393. The molecule has 0 aromatic carbocycles. The van der Waals surface area contributed by atoms with Crippen LogP contribution in [0.15, 0.2) is 36.2 Å². The summed E-state index contributed by atoms with van der Waals surface area (Å²) in [5, 5.41) is 4.45. The molecule has 0 unspecified atom stereocenters. The predicted molar refractivity (Wildman–Crippen MR) is 84.1 cm³/mol. The van der Waals surface area contributed by atoms with Crippen molar-refractivity contribution in [2.45, 2.75) is 25.8 Å². The SMILES string of the molecule is C=C(F)/C=C\C(=CC)CN1CCC(N(C)N(C)C)CC1. The largest absolute Gasteiger partial charge is 0.299 e. The van der Waals surface area contributed by atoms with Crippen molar-refractivity contribution in [3.05, 3.63) is 36.2 Å². The lowest BCUT2D eigenvalue weighted by atomic mass is 10.0. The van der Waals surface area contributed by atoms with Gasteiger partial charge < -0.3 is 0 Å². The molecule has 0 atom stereocenters. The van der Waals surface area contributed by atoms with E-state index in [2.05, 4.69) is 42.6 Å². The normalized spacial score (nSPS) is 19.4. The number of allylic oxidation sites excluding steroid dienone is 3. The number of hydrogen-bond donors (Lipinski definition) is 0. The van der Waals surface area contributed by atoms with Gasteiger partial charge in [-0.1, -0.05) is 18.7 Å². The van der Waals surface area contributed by atoms with Crippen LogP contribution in [0.25, 0.3) is 0 Å². The van der Waals surface area contributed by atoms with Crippen molar-refractivity contribution in [1.82, 2.24) is 14.9 Å². The minimum atomic E-state index is -0.393. The van der Waals surface area contributed by atoms with Gasteiger partial charge in [0, 0.05) is 46.8 Å². The molecule has 0 bridgehead atoms. The molecule has 0 aromatic heterocycles. The van der Waals surface area contributed by atoms with E-state index >= 15 is 0 Å². The number of rotatable bonds is 6. The minimum Gasteiger partial charge on any atom is -0.299 e. The quantitative estimate of drug-likeness (QED) is 0.547. The van der Waals surface area contributed by atoms with E-state index in [1.165, 1.54) is 18.9 Å². The Hall–Kier alpha value is -0.970. The first-order valence-corrected chi connectivity index (χ1v) is 7.24. The highest BCUT2D eigenvalue weighted by Crippen LogP contribution is 2.17. The first kappa shape index (κ1) is 17.1. The molecule has 1 rings (SSSR count). The Morgan fingerprint density at radius 3 is 2.30 bits per heavy atom. The van der Waals surface area contributed by atoms with Gasteiger partial charge in [-0.15, -0.1) is 0 Å². The van der Waals surface area contributed by atoms with Crippen LogP contribution in [0.3, 0.4) is 0 Å². The van der Waals surface area contributed by atoms with Crippen molar-refractivity contribution >= 4 is 0 Å². The van der Waals surface area contributed by atoms with Crippen molar-refractivity contribution < 1.29 is 4.39 Å². The molecule has 1 aliphatic heterocycles. The summed E-state index contributed by atoms with van der Waals surface area (Å²) < 4.78 is 12.7. The molecule has 20 heavy (non-hydrogen) atoms. The van der Waals surface area contributed by atoms with Gasteiger partial charge in [-0.3, -0.25) is 4.90 Å². The third kappa shape index (κ3) is 5.57. The van der Waals surface area contributed by atoms with Crippen LogP contribution < -0.4 is 0 Å². The average Bonchev–Trinajstić information content (AvgIpc) is 2.43. The standard InChI is InChI=1S/C16H28FN3/c1-6-15(8-7-14(2)17)13-20-11-9-16(10-12-20)19(5)18(3)4/h6-8,16H,2,9-13H2,1,3-5H3/b8-7-,15-6?. The van der Waals surface area contributed by atoms with Crippen LogP contribution in [0, 0.1) is 0 Å². The zero-order chi connectivity index (χ0) is 15.1. The van der Waals surface area contributed by atoms with Crippen LogP contribution in [-0.2, 0) is 0 Å². The summed E-state index contributed by atoms with van der Waals surface area (Å²) >= 11 is 0. The van der Waals surface area contributed by atoms with E-state index in [9.17, 15) is 4.39 Å². The predicted octanol–water partition coefficient (Wildman–Crippen LogP) is 2.84. The summed E-state index contributed by atoms with van der Waals surface area (Å²) in [6.45, 7) is 8.31. The van der Waals surface area contributed by atoms with Crippen LogP contribution in [-0.4, -0.2) is 61.7 Å². The zero-order valence-electron chi connectivity index (χ0n) is 13.3. The molecule has 1 heterocycles. The third-order valence-corrected chi connectivity index (χ3v) is 3.97. The first-order valence-electron chi connectivity index (χ1n) is 7.24. The molecule has 1 fully saturated rings. The van der Waals surface area contributed by atoms with E-state index in [0.717, 1.165) is 25.2 Å². The molecule has 0 aromatic rings. The Morgan fingerprint density at radius 1 is 1.25 bits per heavy atom. The highest BCUT2D eigenvalue weighted by molar-refractivity contribution is 5.24. The molecule has 1 saturated heterocycles. The van der Waals surface area contributed by atoms with Gasteiger partial charge in [-0.2, -0.15) is 0 Å².